The monoisotopic (exact) mass is 589 g/mol. The third kappa shape index (κ3) is 6.49. The van der Waals surface area contributed by atoms with Crippen molar-refractivity contribution in [3.05, 3.63) is 66.2 Å². The van der Waals surface area contributed by atoms with Crippen LogP contribution in [0.4, 0.5) is 5.69 Å². The van der Waals surface area contributed by atoms with Crippen molar-refractivity contribution in [1.29, 1.82) is 0 Å². The minimum Gasteiger partial charge on any atom is -0.504 e. The van der Waals surface area contributed by atoms with E-state index in [2.05, 4.69) is 15.6 Å². The van der Waals surface area contributed by atoms with E-state index >= 15 is 0 Å². The molecule has 2 N–H and O–H groups in total. The van der Waals surface area contributed by atoms with E-state index in [4.69, 9.17) is 18.9 Å². The van der Waals surface area contributed by atoms with Gasteiger partial charge in [-0.3, -0.25) is 14.5 Å². The van der Waals surface area contributed by atoms with Crippen molar-refractivity contribution in [3.63, 3.8) is 0 Å². The van der Waals surface area contributed by atoms with Gasteiger partial charge in [0.15, 0.2) is 23.0 Å². The number of nitrogens with one attached hydrogen (secondary N) is 1. The van der Waals surface area contributed by atoms with Crippen LogP contribution in [0, 0.1) is 0 Å². The summed E-state index contributed by atoms with van der Waals surface area (Å²) in [5.41, 5.74) is 2.12. The van der Waals surface area contributed by atoms with Crippen LogP contribution < -0.4 is 24.4 Å². The second-order valence-corrected chi connectivity index (χ2v) is 9.98. The molecule has 1 aromatic heterocycles. The fraction of sp³-hybridized carbons (Fsp3) is 0.355. The largest absolute Gasteiger partial charge is 0.504 e. The van der Waals surface area contributed by atoms with E-state index in [0.717, 1.165) is 12.8 Å². The van der Waals surface area contributed by atoms with Crippen molar-refractivity contribution in [3.8, 4) is 23.0 Å². The van der Waals surface area contributed by atoms with Crippen molar-refractivity contribution in [2.45, 2.75) is 38.5 Å². The molecule has 1 aliphatic heterocycles. The maximum atomic E-state index is 14.3. The van der Waals surface area contributed by atoms with Gasteiger partial charge < -0.3 is 29.4 Å². The smallest absolute Gasteiger partial charge is 0.249 e. The summed E-state index contributed by atoms with van der Waals surface area (Å²) in [6, 6.07) is 15.8. The summed E-state index contributed by atoms with van der Waals surface area (Å²) in [5, 5.41) is 21.8. The lowest BCUT2D eigenvalue weighted by molar-refractivity contribution is -0.127. The molecule has 1 saturated heterocycles. The Morgan fingerprint density at radius 1 is 1.09 bits per heavy atom. The predicted molar refractivity (Wildman–Crippen MR) is 159 cm³/mol. The lowest BCUT2D eigenvalue weighted by Crippen LogP contribution is -2.46. The zero-order chi connectivity index (χ0) is 30.3. The molecular weight excluding hydrogens is 554 g/mol. The summed E-state index contributed by atoms with van der Waals surface area (Å²) in [7, 11) is 3.01. The molecule has 12 heteroatoms. The molecule has 0 radical (unpaired) electrons. The average Bonchev–Trinajstić information content (AvgIpc) is 3.70. The first-order chi connectivity index (χ1) is 20.9. The van der Waals surface area contributed by atoms with Gasteiger partial charge in [0, 0.05) is 24.9 Å². The number of carbonyl (C=O) groups excluding carboxylic acids is 2. The molecule has 0 saturated carbocycles. The second kappa shape index (κ2) is 13.4. The molecule has 5 rings (SSSR count). The quantitative estimate of drug-likeness (QED) is 0.254. The number of hydrogen-bond acceptors (Lipinski definition) is 9. The molecule has 1 fully saturated rings. The number of aromatic hydroxyl groups is 1. The Morgan fingerprint density at radius 2 is 1.91 bits per heavy atom. The van der Waals surface area contributed by atoms with Crippen LogP contribution in [0.2, 0.25) is 0 Å². The number of rotatable bonds is 12. The van der Waals surface area contributed by atoms with Crippen molar-refractivity contribution in [2.75, 3.05) is 38.9 Å². The fourth-order valence-corrected chi connectivity index (χ4v) is 5.16. The van der Waals surface area contributed by atoms with Gasteiger partial charge in [-0.05, 0) is 61.7 Å². The predicted octanol–water partition coefficient (Wildman–Crippen LogP) is 3.62. The van der Waals surface area contributed by atoms with Crippen LogP contribution in [0.3, 0.4) is 0 Å². The van der Waals surface area contributed by atoms with Crippen LogP contribution in [-0.4, -0.2) is 72.0 Å². The number of anilines is 1. The van der Waals surface area contributed by atoms with Crippen molar-refractivity contribution >= 4 is 28.5 Å². The van der Waals surface area contributed by atoms with Gasteiger partial charge >= 0.3 is 0 Å². The minimum atomic E-state index is -1.17. The van der Waals surface area contributed by atoms with Gasteiger partial charge in [0.1, 0.15) is 18.1 Å². The fourth-order valence-electron chi connectivity index (χ4n) is 5.16. The number of ether oxygens (including phenoxy) is 4. The highest BCUT2D eigenvalue weighted by Gasteiger charge is 2.35. The molecule has 2 heterocycles. The Morgan fingerprint density at radius 3 is 2.65 bits per heavy atom. The standard InChI is InChI=1S/C31H35N5O7/c1-4-42-27-16-20(11-13-25(27)37)30(31(39)32-18-22-8-7-15-43-22)36(21-12-14-26(40-2)28(17-21)41-3)29(38)19-35-24-10-6-5-9-23(24)33-34-35/h5-6,9-14,16-17,22,30,37H,4,7-8,15,18-19H2,1-3H3,(H,32,39)/t22-,30-/m1/s1. The summed E-state index contributed by atoms with van der Waals surface area (Å²) in [4.78, 5) is 29.9. The van der Waals surface area contributed by atoms with Crippen LogP contribution in [-0.2, 0) is 20.9 Å². The molecule has 43 heavy (non-hydrogen) atoms. The maximum Gasteiger partial charge on any atom is 0.249 e. The summed E-state index contributed by atoms with van der Waals surface area (Å²) in [6.07, 6.45) is 1.63. The van der Waals surface area contributed by atoms with E-state index in [9.17, 15) is 14.7 Å². The molecule has 0 aliphatic carbocycles. The summed E-state index contributed by atoms with van der Waals surface area (Å²) in [5.74, 6) is 0.0781. The number of nitrogens with zero attached hydrogens (tertiary/aromatic N) is 4. The molecule has 0 unspecified atom stereocenters. The summed E-state index contributed by atoms with van der Waals surface area (Å²) < 4.78 is 23.8. The van der Waals surface area contributed by atoms with Crippen molar-refractivity contribution in [1.82, 2.24) is 20.3 Å². The number of aromatic nitrogens is 3. The lowest BCUT2D eigenvalue weighted by atomic mass is 10.0. The molecule has 12 nitrogen and oxygen atoms in total. The zero-order valence-corrected chi connectivity index (χ0v) is 24.4. The van der Waals surface area contributed by atoms with Crippen LogP contribution in [0.15, 0.2) is 60.7 Å². The van der Waals surface area contributed by atoms with Gasteiger partial charge in [-0.15, -0.1) is 5.10 Å². The average molecular weight is 590 g/mol. The van der Waals surface area contributed by atoms with Gasteiger partial charge in [-0.2, -0.15) is 0 Å². The molecule has 2 atom stereocenters. The normalized spacial score (nSPS) is 15.2. The Hall–Kier alpha value is -4.84. The van der Waals surface area contributed by atoms with Gasteiger partial charge in [0.05, 0.1) is 32.4 Å². The number of phenols is 1. The zero-order valence-electron chi connectivity index (χ0n) is 24.4. The molecule has 4 aromatic rings. The number of amides is 2. The molecule has 2 amide bonds. The molecule has 0 bridgehead atoms. The third-order valence-corrected chi connectivity index (χ3v) is 7.25. The second-order valence-electron chi connectivity index (χ2n) is 9.98. The Kier molecular flexibility index (Phi) is 9.26. The number of benzene rings is 3. The number of hydrogen-bond donors (Lipinski definition) is 2. The summed E-state index contributed by atoms with van der Waals surface area (Å²) >= 11 is 0. The van der Waals surface area contributed by atoms with Gasteiger partial charge in [-0.25, -0.2) is 4.68 Å². The van der Waals surface area contributed by atoms with E-state index in [1.54, 1.807) is 37.3 Å². The first-order valence-corrected chi connectivity index (χ1v) is 14.1. The van der Waals surface area contributed by atoms with Crippen LogP contribution in [0.5, 0.6) is 23.0 Å². The first-order valence-electron chi connectivity index (χ1n) is 14.1. The molecule has 3 aromatic carbocycles. The topological polar surface area (TPSA) is 137 Å². The highest BCUT2D eigenvalue weighted by Crippen LogP contribution is 2.38. The van der Waals surface area contributed by atoms with Crippen LogP contribution >= 0.6 is 0 Å². The Balaban J connectivity index is 1.61. The molecule has 1 aliphatic rings. The number of carbonyl (C=O) groups is 2. The first kappa shape index (κ1) is 29.6. The molecule has 0 spiro atoms. The van der Waals surface area contributed by atoms with Gasteiger partial charge in [-0.1, -0.05) is 23.4 Å². The lowest BCUT2D eigenvalue weighted by Gasteiger charge is -2.32. The van der Waals surface area contributed by atoms with E-state index in [1.165, 1.54) is 29.9 Å². The van der Waals surface area contributed by atoms with Crippen LogP contribution in [0.25, 0.3) is 11.0 Å². The van der Waals surface area contributed by atoms with E-state index < -0.39 is 17.9 Å². The number of phenolic OH excluding ortho intramolecular Hbond substituents is 1. The van der Waals surface area contributed by atoms with E-state index in [-0.39, 0.29) is 30.7 Å². The van der Waals surface area contributed by atoms with Crippen molar-refractivity contribution < 1.29 is 33.6 Å². The minimum absolute atomic E-state index is 0.0813. The van der Waals surface area contributed by atoms with E-state index in [0.29, 0.717) is 47.0 Å². The maximum absolute atomic E-state index is 14.3. The van der Waals surface area contributed by atoms with Crippen LogP contribution in [0.1, 0.15) is 31.4 Å². The highest BCUT2D eigenvalue weighted by atomic mass is 16.5. The third-order valence-electron chi connectivity index (χ3n) is 7.25. The molecular formula is C31H35N5O7. The Labute approximate surface area is 249 Å². The van der Waals surface area contributed by atoms with Crippen molar-refractivity contribution in [2.24, 2.45) is 0 Å². The van der Waals surface area contributed by atoms with E-state index in [1.807, 2.05) is 24.3 Å². The summed E-state index contributed by atoms with van der Waals surface area (Å²) in [6.45, 7) is 2.81. The SMILES string of the molecule is CCOc1cc([C@H](C(=O)NC[C@H]2CCCO2)N(C(=O)Cn2nnc3ccccc32)c2ccc(OC)c(OC)c2)ccc1O. The number of fused-ring (bicyclic) bond motifs is 1. The highest BCUT2D eigenvalue weighted by molar-refractivity contribution is 6.02. The Bertz CT molecular complexity index is 1580. The number of para-hydroxylation sites is 1. The van der Waals surface area contributed by atoms with Gasteiger partial charge in [0.2, 0.25) is 11.8 Å². The molecule has 226 valence electrons. The number of methoxy groups -OCH3 is 2. The van der Waals surface area contributed by atoms with Gasteiger partial charge in [0.25, 0.3) is 0 Å².